The zero-order valence-electron chi connectivity index (χ0n) is 17.2. The average molecular weight is 410 g/mol. The number of hydrogen-bond acceptors (Lipinski definition) is 3. The quantitative estimate of drug-likeness (QED) is 0.530. The van der Waals surface area contributed by atoms with E-state index in [0.29, 0.717) is 17.7 Å². The lowest BCUT2D eigenvalue weighted by molar-refractivity contribution is -0.117. The molecule has 6 heteroatoms. The summed E-state index contributed by atoms with van der Waals surface area (Å²) in [7, 11) is 0. The van der Waals surface area contributed by atoms with Crippen molar-refractivity contribution < 1.29 is 9.59 Å². The first-order chi connectivity index (χ1) is 15.1. The number of hydrogen-bond donors (Lipinski definition) is 1. The molecule has 6 nitrogen and oxygen atoms in total. The molecule has 0 saturated carbocycles. The van der Waals surface area contributed by atoms with Crippen LogP contribution in [0.5, 0.6) is 0 Å². The molecule has 5 rings (SSSR count). The van der Waals surface area contributed by atoms with Crippen molar-refractivity contribution in [3.8, 4) is 5.69 Å². The molecule has 1 aliphatic heterocycles. The minimum Gasteiger partial charge on any atom is -0.322 e. The Morgan fingerprint density at radius 2 is 1.74 bits per heavy atom. The highest BCUT2D eigenvalue weighted by molar-refractivity contribution is 6.06. The Bertz CT molecular complexity index is 1280. The van der Waals surface area contributed by atoms with Gasteiger partial charge in [0.15, 0.2) is 0 Å². The minimum absolute atomic E-state index is 0.148. The van der Waals surface area contributed by atoms with Gasteiger partial charge in [0.2, 0.25) is 5.91 Å². The average Bonchev–Trinajstić information content (AvgIpc) is 3.36. The Balaban J connectivity index is 1.37. The van der Waals surface area contributed by atoms with Crippen LogP contribution in [0.25, 0.3) is 16.7 Å². The topological polar surface area (TPSA) is 67.2 Å². The zero-order chi connectivity index (χ0) is 21.4. The molecule has 0 unspecified atom stereocenters. The Hall–Kier alpha value is -3.93. The molecule has 0 radical (unpaired) electrons. The first-order valence-corrected chi connectivity index (χ1v) is 10.4. The number of amides is 2. The molecule has 0 spiro atoms. The molecule has 0 aliphatic carbocycles. The van der Waals surface area contributed by atoms with Crippen LogP contribution in [-0.4, -0.2) is 27.9 Å². The van der Waals surface area contributed by atoms with Crippen LogP contribution in [-0.2, 0) is 4.79 Å². The number of benzene rings is 3. The van der Waals surface area contributed by atoms with Gasteiger partial charge in [0.25, 0.3) is 5.91 Å². The molecule has 2 heterocycles. The molecule has 1 aliphatic rings. The van der Waals surface area contributed by atoms with Gasteiger partial charge in [-0.2, -0.15) is 0 Å². The summed E-state index contributed by atoms with van der Waals surface area (Å²) in [5.74, 6) is 0.819. The Kier molecular flexibility index (Phi) is 4.75. The van der Waals surface area contributed by atoms with Gasteiger partial charge in [-0.15, -0.1) is 0 Å². The van der Waals surface area contributed by atoms with Gasteiger partial charge in [-0.3, -0.25) is 14.2 Å². The number of carbonyl (C=O) groups excluding carboxylic acids is 2. The van der Waals surface area contributed by atoms with E-state index in [4.69, 9.17) is 0 Å². The van der Waals surface area contributed by atoms with Gasteiger partial charge < -0.3 is 10.2 Å². The number of para-hydroxylation sites is 1. The van der Waals surface area contributed by atoms with Crippen LogP contribution in [0.3, 0.4) is 0 Å². The summed E-state index contributed by atoms with van der Waals surface area (Å²) in [4.78, 5) is 31.1. The number of aromatic nitrogens is 2. The first kappa shape index (κ1) is 19.1. The molecule has 3 aromatic carbocycles. The normalized spacial score (nSPS) is 13.7. The van der Waals surface area contributed by atoms with Crippen molar-refractivity contribution in [1.29, 1.82) is 0 Å². The summed E-state index contributed by atoms with van der Waals surface area (Å²) >= 11 is 0. The van der Waals surface area contributed by atoms with Crippen molar-refractivity contribution in [2.75, 3.05) is 16.8 Å². The molecule has 31 heavy (non-hydrogen) atoms. The summed E-state index contributed by atoms with van der Waals surface area (Å²) in [5, 5.41) is 2.93. The third-order valence-electron chi connectivity index (χ3n) is 5.61. The summed E-state index contributed by atoms with van der Waals surface area (Å²) in [6, 6.07) is 23.0. The summed E-state index contributed by atoms with van der Waals surface area (Å²) < 4.78 is 2.08. The van der Waals surface area contributed by atoms with Gasteiger partial charge in [-0.25, -0.2) is 4.98 Å². The molecule has 0 bridgehead atoms. The molecule has 0 atom stereocenters. The van der Waals surface area contributed by atoms with Gasteiger partial charge >= 0.3 is 0 Å². The molecule has 2 amide bonds. The third kappa shape index (κ3) is 3.57. The van der Waals surface area contributed by atoms with Crippen molar-refractivity contribution in [1.82, 2.24) is 9.55 Å². The summed E-state index contributed by atoms with van der Waals surface area (Å²) in [6.45, 7) is 2.71. The number of anilines is 2. The molecule has 1 N–H and O–H groups in total. The maximum Gasteiger partial charge on any atom is 0.255 e. The van der Waals surface area contributed by atoms with Crippen molar-refractivity contribution in [3.05, 3.63) is 84.2 Å². The largest absolute Gasteiger partial charge is 0.322 e. The monoisotopic (exact) mass is 410 g/mol. The smallest absolute Gasteiger partial charge is 0.255 e. The highest BCUT2D eigenvalue weighted by Crippen LogP contribution is 2.25. The lowest BCUT2D eigenvalue weighted by Gasteiger charge is -2.16. The first-order valence-electron chi connectivity index (χ1n) is 10.4. The zero-order valence-corrected chi connectivity index (χ0v) is 17.2. The number of fused-ring (bicyclic) bond motifs is 1. The number of rotatable bonds is 4. The van der Waals surface area contributed by atoms with Crippen LogP contribution in [0, 0.1) is 6.92 Å². The van der Waals surface area contributed by atoms with E-state index >= 15 is 0 Å². The molecule has 1 aromatic heterocycles. The van der Waals surface area contributed by atoms with Crippen LogP contribution in [0.2, 0.25) is 0 Å². The van der Waals surface area contributed by atoms with Crippen LogP contribution >= 0.6 is 0 Å². The summed E-state index contributed by atoms with van der Waals surface area (Å²) in [6.07, 6.45) is 1.49. The number of nitrogens with zero attached hydrogens (tertiary/aromatic N) is 3. The summed E-state index contributed by atoms with van der Waals surface area (Å²) in [5.41, 5.74) is 4.87. The van der Waals surface area contributed by atoms with E-state index in [9.17, 15) is 9.59 Å². The van der Waals surface area contributed by atoms with Crippen molar-refractivity contribution in [3.63, 3.8) is 0 Å². The van der Waals surface area contributed by atoms with Crippen LogP contribution in [0.1, 0.15) is 29.0 Å². The molecule has 1 saturated heterocycles. The molecule has 4 aromatic rings. The molecule has 154 valence electrons. The number of nitrogens with one attached hydrogen (secondary N) is 1. The van der Waals surface area contributed by atoms with Crippen molar-refractivity contribution >= 4 is 34.2 Å². The Labute approximate surface area is 180 Å². The number of aryl methyl sites for hydroxylation is 1. The lowest BCUT2D eigenvalue weighted by Crippen LogP contribution is -2.23. The number of carbonyl (C=O) groups is 2. The third-order valence-corrected chi connectivity index (χ3v) is 5.61. The van der Waals surface area contributed by atoms with E-state index in [1.54, 1.807) is 4.90 Å². The Morgan fingerprint density at radius 1 is 0.968 bits per heavy atom. The van der Waals surface area contributed by atoms with Gasteiger partial charge in [0, 0.05) is 35.6 Å². The van der Waals surface area contributed by atoms with E-state index in [1.165, 1.54) is 0 Å². The maximum absolute atomic E-state index is 12.8. The maximum atomic E-state index is 12.8. The fourth-order valence-electron chi connectivity index (χ4n) is 4.09. The minimum atomic E-state index is -0.196. The van der Waals surface area contributed by atoms with E-state index in [0.717, 1.165) is 41.2 Å². The van der Waals surface area contributed by atoms with Gasteiger partial charge in [0.05, 0.1) is 11.0 Å². The van der Waals surface area contributed by atoms with E-state index in [-0.39, 0.29) is 11.8 Å². The van der Waals surface area contributed by atoms with E-state index in [1.807, 2.05) is 79.7 Å². The molecular weight excluding hydrogens is 388 g/mol. The standard InChI is InChI=1S/C25H22N4O2/c1-17-26-22-16-18(9-14-23(22)29(17)21-6-3-2-4-7-21)25(31)27-19-10-12-20(13-11-19)28-15-5-8-24(28)30/h2-4,6-7,9-14,16H,5,8,15H2,1H3,(H,27,31). The highest BCUT2D eigenvalue weighted by atomic mass is 16.2. The van der Waals surface area contributed by atoms with Crippen molar-refractivity contribution in [2.45, 2.75) is 19.8 Å². The van der Waals surface area contributed by atoms with Crippen LogP contribution < -0.4 is 10.2 Å². The second-order valence-corrected chi connectivity index (χ2v) is 7.68. The SMILES string of the molecule is Cc1nc2cc(C(=O)Nc3ccc(N4CCCC4=O)cc3)ccc2n1-c1ccccc1. The second-order valence-electron chi connectivity index (χ2n) is 7.68. The number of imidazole rings is 1. The van der Waals surface area contributed by atoms with Crippen LogP contribution in [0.15, 0.2) is 72.8 Å². The van der Waals surface area contributed by atoms with Gasteiger partial charge in [-0.05, 0) is 67.9 Å². The predicted molar refractivity (Wildman–Crippen MR) is 122 cm³/mol. The predicted octanol–water partition coefficient (Wildman–Crippen LogP) is 4.71. The second kappa shape index (κ2) is 7.72. The lowest BCUT2D eigenvalue weighted by atomic mass is 10.1. The van der Waals surface area contributed by atoms with E-state index < -0.39 is 0 Å². The van der Waals surface area contributed by atoms with Gasteiger partial charge in [-0.1, -0.05) is 18.2 Å². The highest BCUT2D eigenvalue weighted by Gasteiger charge is 2.21. The fraction of sp³-hybridized carbons (Fsp3) is 0.160. The van der Waals surface area contributed by atoms with E-state index in [2.05, 4.69) is 14.9 Å². The fourth-order valence-corrected chi connectivity index (χ4v) is 4.09. The van der Waals surface area contributed by atoms with Crippen molar-refractivity contribution in [2.24, 2.45) is 0 Å². The molecular formula is C25H22N4O2. The molecule has 1 fully saturated rings. The van der Waals surface area contributed by atoms with Crippen LogP contribution in [0.4, 0.5) is 11.4 Å². The Morgan fingerprint density at radius 3 is 2.45 bits per heavy atom. The van der Waals surface area contributed by atoms with Gasteiger partial charge in [0.1, 0.15) is 5.82 Å².